The van der Waals surface area contributed by atoms with Crippen LogP contribution in [0.1, 0.15) is 98.3 Å². The molecule has 2 N–H and O–H groups in total. The fourth-order valence-electron chi connectivity index (χ4n) is 10.4. The zero-order valence-electron chi connectivity index (χ0n) is 18.8. The van der Waals surface area contributed by atoms with Gasteiger partial charge in [0.15, 0.2) is 0 Å². The molecule has 10 atom stereocenters. The van der Waals surface area contributed by atoms with Crippen molar-refractivity contribution in [2.75, 3.05) is 6.61 Å². The number of aliphatic hydroxyl groups excluding tert-OH is 1. The van der Waals surface area contributed by atoms with Gasteiger partial charge in [-0.1, -0.05) is 27.7 Å². The Morgan fingerprint density at radius 3 is 2.36 bits per heavy atom. The van der Waals surface area contributed by atoms with Gasteiger partial charge in [0.05, 0.1) is 5.60 Å². The van der Waals surface area contributed by atoms with Crippen LogP contribution in [0.15, 0.2) is 0 Å². The predicted molar refractivity (Wildman–Crippen MR) is 114 cm³/mol. The molecule has 28 heavy (non-hydrogen) atoms. The van der Waals surface area contributed by atoms with E-state index in [1.54, 1.807) is 0 Å². The Kier molecular flexibility index (Phi) is 4.41. The van der Waals surface area contributed by atoms with Crippen molar-refractivity contribution in [3.8, 4) is 0 Å². The third-order valence-electron chi connectivity index (χ3n) is 12.3. The zero-order valence-corrected chi connectivity index (χ0v) is 18.8. The molecule has 0 saturated heterocycles. The fraction of sp³-hybridized carbons (Fsp3) is 1.00. The Balaban J connectivity index is 1.44. The highest BCUT2D eigenvalue weighted by atomic mass is 16.3. The second kappa shape index (κ2) is 6.22. The van der Waals surface area contributed by atoms with Crippen molar-refractivity contribution in [2.24, 2.45) is 51.8 Å². The van der Waals surface area contributed by atoms with Gasteiger partial charge in [0.25, 0.3) is 0 Å². The first-order chi connectivity index (χ1) is 13.2. The zero-order chi connectivity index (χ0) is 19.9. The van der Waals surface area contributed by atoms with Gasteiger partial charge in [0.1, 0.15) is 0 Å². The summed E-state index contributed by atoms with van der Waals surface area (Å²) in [6, 6.07) is 0. The van der Waals surface area contributed by atoms with Crippen molar-refractivity contribution in [2.45, 2.75) is 104 Å². The van der Waals surface area contributed by atoms with Crippen LogP contribution in [0.3, 0.4) is 0 Å². The Labute approximate surface area is 172 Å². The fourth-order valence-corrected chi connectivity index (χ4v) is 10.4. The summed E-state index contributed by atoms with van der Waals surface area (Å²) in [5.74, 6) is 4.76. The van der Waals surface area contributed by atoms with Gasteiger partial charge in [0.2, 0.25) is 0 Å². The van der Waals surface area contributed by atoms with E-state index in [-0.39, 0.29) is 5.60 Å². The van der Waals surface area contributed by atoms with Crippen LogP contribution in [0.4, 0.5) is 0 Å². The molecule has 5 saturated carbocycles. The average molecular weight is 389 g/mol. The quantitative estimate of drug-likeness (QED) is 0.641. The Morgan fingerprint density at radius 2 is 1.71 bits per heavy atom. The van der Waals surface area contributed by atoms with Crippen molar-refractivity contribution in [1.82, 2.24) is 0 Å². The van der Waals surface area contributed by atoms with Crippen LogP contribution in [0.5, 0.6) is 0 Å². The van der Waals surface area contributed by atoms with E-state index in [0.29, 0.717) is 28.8 Å². The normalized spacial score (nSPS) is 58.7. The molecule has 0 amide bonds. The Bertz CT molecular complexity index is 632. The SMILES string of the molecule is CC[C@]1(O)CC[C@@]2(C)[C@@H](CC[C@@H]3[C@@H]2CC[C@@]2(C)[C@H]3C[C@H]3CC[C@]32C(C)CO)C1. The van der Waals surface area contributed by atoms with Crippen molar-refractivity contribution in [3.63, 3.8) is 0 Å². The molecule has 0 aliphatic heterocycles. The third-order valence-corrected chi connectivity index (χ3v) is 12.3. The maximum Gasteiger partial charge on any atom is 0.0648 e. The number of aliphatic hydroxyl groups is 2. The van der Waals surface area contributed by atoms with E-state index in [0.717, 1.165) is 48.9 Å². The maximum absolute atomic E-state index is 11.0. The predicted octanol–water partition coefficient (Wildman–Crippen LogP) is 5.80. The minimum Gasteiger partial charge on any atom is -0.396 e. The molecule has 0 radical (unpaired) electrons. The summed E-state index contributed by atoms with van der Waals surface area (Å²) in [4.78, 5) is 0. The first kappa shape index (κ1) is 19.9. The molecule has 0 heterocycles. The molecule has 5 aliphatic carbocycles. The second-order valence-corrected chi connectivity index (χ2v) is 12.5. The van der Waals surface area contributed by atoms with Crippen LogP contribution in [0.25, 0.3) is 0 Å². The number of rotatable bonds is 3. The van der Waals surface area contributed by atoms with Crippen LogP contribution in [0.2, 0.25) is 0 Å². The summed E-state index contributed by atoms with van der Waals surface area (Å²) < 4.78 is 0. The van der Waals surface area contributed by atoms with Gasteiger partial charge in [-0.25, -0.2) is 0 Å². The summed E-state index contributed by atoms with van der Waals surface area (Å²) in [5.41, 5.74) is 0.974. The van der Waals surface area contributed by atoms with Crippen LogP contribution in [-0.4, -0.2) is 22.4 Å². The molecule has 5 rings (SSSR count). The lowest BCUT2D eigenvalue weighted by Gasteiger charge is -2.65. The van der Waals surface area contributed by atoms with Crippen molar-refractivity contribution < 1.29 is 10.2 Å². The van der Waals surface area contributed by atoms with Gasteiger partial charge in [-0.2, -0.15) is 0 Å². The molecule has 5 fully saturated rings. The lowest BCUT2D eigenvalue weighted by atomic mass is 9.40. The summed E-state index contributed by atoms with van der Waals surface area (Å²) in [5, 5.41) is 21.1. The van der Waals surface area contributed by atoms with Crippen LogP contribution >= 0.6 is 0 Å². The van der Waals surface area contributed by atoms with Gasteiger partial charge in [-0.3, -0.25) is 0 Å². The lowest BCUT2D eigenvalue weighted by Crippen LogP contribution is -2.59. The highest BCUT2D eigenvalue weighted by Gasteiger charge is 2.71. The molecule has 0 bridgehead atoms. The molecular formula is C26H44O2. The summed E-state index contributed by atoms with van der Waals surface area (Å²) in [7, 11) is 0. The van der Waals surface area contributed by atoms with Gasteiger partial charge in [-0.05, 0) is 122 Å². The monoisotopic (exact) mass is 388 g/mol. The van der Waals surface area contributed by atoms with E-state index in [2.05, 4.69) is 27.7 Å². The second-order valence-electron chi connectivity index (χ2n) is 12.5. The molecule has 1 unspecified atom stereocenters. The molecule has 0 aromatic carbocycles. The minimum atomic E-state index is -0.382. The number of hydrogen-bond donors (Lipinski definition) is 2. The first-order valence-corrected chi connectivity index (χ1v) is 12.6. The highest BCUT2D eigenvalue weighted by Crippen LogP contribution is 2.78. The molecule has 0 aromatic rings. The molecule has 0 aromatic heterocycles. The van der Waals surface area contributed by atoms with Gasteiger partial charge in [0, 0.05) is 6.61 Å². The third kappa shape index (κ3) is 2.23. The van der Waals surface area contributed by atoms with Crippen molar-refractivity contribution in [3.05, 3.63) is 0 Å². The van der Waals surface area contributed by atoms with E-state index in [9.17, 15) is 10.2 Å². The van der Waals surface area contributed by atoms with E-state index < -0.39 is 0 Å². The lowest BCUT2D eigenvalue weighted by molar-refractivity contribution is -0.178. The molecule has 0 spiro atoms. The van der Waals surface area contributed by atoms with Crippen LogP contribution < -0.4 is 0 Å². The standard InChI is InChI=1S/C26H44O2/c1-5-25(28)13-12-23(3)19(15-25)6-7-20-21(23)9-10-24(4)22(20)14-18-8-11-26(18,24)17(2)16-27/h17-22,27-28H,5-16H2,1-4H3/t17?,18-,19+,20-,21+,22+,23+,24+,25+,26+/m1/s1. The van der Waals surface area contributed by atoms with E-state index >= 15 is 0 Å². The highest BCUT2D eigenvalue weighted by molar-refractivity contribution is 5.20. The number of fused-ring (bicyclic) bond motifs is 7. The van der Waals surface area contributed by atoms with Crippen LogP contribution in [0, 0.1) is 51.8 Å². The van der Waals surface area contributed by atoms with Gasteiger partial charge >= 0.3 is 0 Å². The topological polar surface area (TPSA) is 40.5 Å². The average Bonchev–Trinajstić information content (AvgIpc) is 2.84. The molecule has 5 aliphatic rings. The summed E-state index contributed by atoms with van der Waals surface area (Å²) >= 11 is 0. The molecule has 2 heteroatoms. The van der Waals surface area contributed by atoms with Gasteiger partial charge in [-0.15, -0.1) is 0 Å². The number of hydrogen-bond acceptors (Lipinski definition) is 2. The van der Waals surface area contributed by atoms with E-state index in [1.165, 1.54) is 51.4 Å². The molecular weight excluding hydrogens is 344 g/mol. The van der Waals surface area contributed by atoms with Gasteiger partial charge < -0.3 is 10.2 Å². The first-order valence-electron chi connectivity index (χ1n) is 12.6. The summed E-state index contributed by atoms with van der Waals surface area (Å²) in [6.45, 7) is 10.2. The van der Waals surface area contributed by atoms with Crippen LogP contribution in [-0.2, 0) is 0 Å². The van der Waals surface area contributed by atoms with E-state index in [4.69, 9.17) is 0 Å². The Morgan fingerprint density at radius 1 is 0.929 bits per heavy atom. The summed E-state index contributed by atoms with van der Waals surface area (Å²) in [6.07, 6.45) is 14.0. The maximum atomic E-state index is 11.0. The Hall–Kier alpha value is -0.0800. The smallest absolute Gasteiger partial charge is 0.0648 e. The molecule has 2 nitrogen and oxygen atoms in total. The van der Waals surface area contributed by atoms with Crippen molar-refractivity contribution in [1.29, 1.82) is 0 Å². The largest absolute Gasteiger partial charge is 0.396 e. The van der Waals surface area contributed by atoms with E-state index in [1.807, 2.05) is 0 Å². The van der Waals surface area contributed by atoms with Crippen molar-refractivity contribution >= 4 is 0 Å². The molecule has 160 valence electrons. The minimum absolute atomic E-state index is 0.377.